The van der Waals surface area contributed by atoms with Gasteiger partial charge in [0.05, 0.1) is 13.0 Å². The minimum atomic E-state index is -0.111. The molecule has 0 fully saturated rings. The summed E-state index contributed by atoms with van der Waals surface area (Å²) in [6.07, 6.45) is 0.317. The fraction of sp³-hybridized carbons (Fsp3) is 0.312. The van der Waals surface area contributed by atoms with E-state index in [2.05, 4.69) is 20.8 Å². The maximum Gasteiger partial charge on any atom is 0.229 e. The average Bonchev–Trinajstić information content (AvgIpc) is 2.49. The summed E-state index contributed by atoms with van der Waals surface area (Å²) in [4.78, 5) is 12.0. The molecule has 0 aliphatic carbocycles. The molecular formula is C16H20N4O2. The Morgan fingerprint density at radius 1 is 1.18 bits per heavy atom. The van der Waals surface area contributed by atoms with Crippen LogP contribution in [0.1, 0.15) is 11.1 Å². The van der Waals surface area contributed by atoms with Gasteiger partial charge < -0.3 is 15.4 Å². The molecule has 0 unspecified atom stereocenters. The van der Waals surface area contributed by atoms with Crippen molar-refractivity contribution in [2.75, 3.05) is 30.9 Å². The number of methoxy groups -OCH3 is 1. The van der Waals surface area contributed by atoms with Crippen molar-refractivity contribution in [1.82, 2.24) is 10.2 Å². The molecule has 1 aromatic heterocycles. The topological polar surface area (TPSA) is 76.1 Å². The van der Waals surface area contributed by atoms with E-state index in [1.54, 1.807) is 19.2 Å². The summed E-state index contributed by atoms with van der Waals surface area (Å²) in [6.45, 7) is 3.25. The number of aryl methyl sites for hydroxylation is 1. The number of benzene rings is 1. The van der Waals surface area contributed by atoms with Gasteiger partial charge in [0.1, 0.15) is 5.82 Å². The first-order valence-corrected chi connectivity index (χ1v) is 7.09. The van der Waals surface area contributed by atoms with E-state index in [-0.39, 0.29) is 5.91 Å². The number of hydrogen-bond acceptors (Lipinski definition) is 5. The predicted octanol–water partition coefficient (Wildman–Crippen LogP) is 2.02. The van der Waals surface area contributed by atoms with Gasteiger partial charge >= 0.3 is 0 Å². The second kappa shape index (κ2) is 8.09. The molecule has 0 saturated carbocycles. The molecule has 2 aromatic rings. The highest BCUT2D eigenvalue weighted by molar-refractivity contribution is 5.91. The molecule has 0 spiro atoms. The van der Waals surface area contributed by atoms with Crippen LogP contribution in [0.4, 0.5) is 11.6 Å². The third kappa shape index (κ3) is 5.14. The van der Waals surface area contributed by atoms with Crippen molar-refractivity contribution in [3.63, 3.8) is 0 Å². The summed E-state index contributed by atoms with van der Waals surface area (Å²) in [6, 6.07) is 11.4. The molecule has 6 heteroatoms. The van der Waals surface area contributed by atoms with Crippen LogP contribution >= 0.6 is 0 Å². The van der Waals surface area contributed by atoms with Crippen molar-refractivity contribution in [3.05, 3.63) is 47.5 Å². The van der Waals surface area contributed by atoms with Crippen LogP contribution in [0.2, 0.25) is 0 Å². The molecule has 1 aromatic carbocycles. The van der Waals surface area contributed by atoms with E-state index < -0.39 is 0 Å². The normalized spacial score (nSPS) is 10.3. The average molecular weight is 300 g/mol. The molecule has 0 atom stereocenters. The lowest BCUT2D eigenvalue weighted by atomic mass is 10.1. The van der Waals surface area contributed by atoms with Gasteiger partial charge in [-0.25, -0.2) is 0 Å². The minimum absolute atomic E-state index is 0.111. The molecule has 6 nitrogen and oxygen atoms in total. The van der Waals surface area contributed by atoms with Crippen molar-refractivity contribution in [3.8, 4) is 0 Å². The first kappa shape index (κ1) is 15.9. The van der Waals surface area contributed by atoms with E-state index in [1.807, 2.05) is 31.2 Å². The zero-order valence-corrected chi connectivity index (χ0v) is 12.8. The van der Waals surface area contributed by atoms with Gasteiger partial charge in [0.25, 0.3) is 0 Å². The van der Waals surface area contributed by atoms with Crippen LogP contribution in [0.3, 0.4) is 0 Å². The monoisotopic (exact) mass is 300 g/mol. The van der Waals surface area contributed by atoms with Crippen LogP contribution in [0.5, 0.6) is 0 Å². The lowest BCUT2D eigenvalue weighted by molar-refractivity contribution is -0.115. The smallest absolute Gasteiger partial charge is 0.229 e. The zero-order valence-electron chi connectivity index (χ0n) is 12.8. The van der Waals surface area contributed by atoms with Crippen LogP contribution in [0.25, 0.3) is 0 Å². The maximum absolute atomic E-state index is 12.0. The van der Waals surface area contributed by atoms with Crippen LogP contribution in [-0.2, 0) is 16.0 Å². The predicted molar refractivity (Wildman–Crippen MR) is 85.9 cm³/mol. The zero-order chi connectivity index (χ0) is 15.8. The first-order chi connectivity index (χ1) is 10.7. The number of nitrogens with zero attached hydrogens (tertiary/aromatic N) is 2. The van der Waals surface area contributed by atoms with Gasteiger partial charge in [0.2, 0.25) is 5.91 Å². The van der Waals surface area contributed by atoms with Crippen LogP contribution in [0.15, 0.2) is 36.4 Å². The highest BCUT2D eigenvalue weighted by atomic mass is 16.5. The Morgan fingerprint density at radius 2 is 1.95 bits per heavy atom. The largest absolute Gasteiger partial charge is 0.383 e. The Bertz CT molecular complexity index is 614. The molecule has 0 saturated heterocycles. The standard InChI is InChI=1S/C16H20N4O2/c1-12-4-3-5-13(10-12)11-16(21)18-15-7-6-14(19-20-15)17-8-9-22-2/h3-7,10H,8-9,11H2,1-2H3,(H,17,19)(H,18,20,21). The summed E-state index contributed by atoms with van der Waals surface area (Å²) >= 11 is 0. The number of carbonyl (C=O) groups excluding carboxylic acids is 1. The number of anilines is 2. The van der Waals surface area contributed by atoms with E-state index in [0.29, 0.717) is 31.2 Å². The van der Waals surface area contributed by atoms with E-state index >= 15 is 0 Å². The van der Waals surface area contributed by atoms with Gasteiger partial charge in [-0.3, -0.25) is 4.79 Å². The lowest BCUT2D eigenvalue weighted by Crippen LogP contribution is -2.16. The Labute approximate surface area is 129 Å². The number of amides is 1. The molecule has 2 N–H and O–H groups in total. The van der Waals surface area contributed by atoms with Gasteiger partial charge in [0, 0.05) is 13.7 Å². The number of rotatable bonds is 7. The van der Waals surface area contributed by atoms with Crippen LogP contribution < -0.4 is 10.6 Å². The molecule has 0 bridgehead atoms. The van der Waals surface area contributed by atoms with Gasteiger partial charge in [-0.1, -0.05) is 29.8 Å². The number of nitrogens with one attached hydrogen (secondary N) is 2. The molecule has 2 rings (SSSR count). The summed E-state index contributed by atoms with van der Waals surface area (Å²) in [5.74, 6) is 0.976. The SMILES string of the molecule is COCCNc1ccc(NC(=O)Cc2cccc(C)c2)nn1. The Kier molecular flexibility index (Phi) is 5.85. The van der Waals surface area contributed by atoms with Gasteiger partial charge in [-0.05, 0) is 24.6 Å². The third-order valence-corrected chi connectivity index (χ3v) is 2.99. The number of carbonyl (C=O) groups is 1. The summed E-state index contributed by atoms with van der Waals surface area (Å²) in [5.41, 5.74) is 2.11. The van der Waals surface area contributed by atoms with Crippen molar-refractivity contribution in [2.24, 2.45) is 0 Å². The summed E-state index contributed by atoms with van der Waals surface area (Å²) < 4.78 is 4.94. The maximum atomic E-state index is 12.0. The molecule has 116 valence electrons. The van der Waals surface area contributed by atoms with E-state index in [0.717, 1.165) is 11.1 Å². The van der Waals surface area contributed by atoms with Crippen molar-refractivity contribution in [1.29, 1.82) is 0 Å². The van der Waals surface area contributed by atoms with Gasteiger partial charge in [-0.15, -0.1) is 10.2 Å². The van der Waals surface area contributed by atoms with E-state index in [4.69, 9.17) is 4.74 Å². The van der Waals surface area contributed by atoms with Crippen molar-refractivity contribution >= 4 is 17.5 Å². The molecular weight excluding hydrogens is 280 g/mol. The molecule has 22 heavy (non-hydrogen) atoms. The summed E-state index contributed by atoms with van der Waals surface area (Å²) in [5, 5.41) is 13.8. The summed E-state index contributed by atoms with van der Waals surface area (Å²) in [7, 11) is 1.64. The van der Waals surface area contributed by atoms with Crippen LogP contribution in [0, 0.1) is 6.92 Å². The van der Waals surface area contributed by atoms with Crippen LogP contribution in [-0.4, -0.2) is 36.4 Å². The fourth-order valence-corrected chi connectivity index (χ4v) is 1.97. The van der Waals surface area contributed by atoms with Gasteiger partial charge in [0.15, 0.2) is 5.82 Å². The minimum Gasteiger partial charge on any atom is -0.383 e. The number of ether oxygens (including phenoxy) is 1. The highest BCUT2D eigenvalue weighted by Gasteiger charge is 2.06. The molecule has 0 aliphatic rings. The second-order valence-electron chi connectivity index (χ2n) is 4.94. The highest BCUT2D eigenvalue weighted by Crippen LogP contribution is 2.08. The molecule has 0 radical (unpaired) electrons. The Balaban J connectivity index is 1.86. The van der Waals surface area contributed by atoms with E-state index in [1.165, 1.54) is 0 Å². The van der Waals surface area contributed by atoms with Gasteiger partial charge in [-0.2, -0.15) is 0 Å². The fourth-order valence-electron chi connectivity index (χ4n) is 1.97. The second-order valence-corrected chi connectivity index (χ2v) is 4.94. The number of hydrogen-bond donors (Lipinski definition) is 2. The quantitative estimate of drug-likeness (QED) is 0.765. The molecule has 0 aliphatic heterocycles. The lowest BCUT2D eigenvalue weighted by Gasteiger charge is -2.06. The first-order valence-electron chi connectivity index (χ1n) is 7.09. The Morgan fingerprint density at radius 3 is 2.64 bits per heavy atom. The van der Waals surface area contributed by atoms with Crippen molar-refractivity contribution < 1.29 is 9.53 Å². The third-order valence-electron chi connectivity index (χ3n) is 2.99. The molecule has 1 heterocycles. The van der Waals surface area contributed by atoms with Crippen molar-refractivity contribution in [2.45, 2.75) is 13.3 Å². The molecule has 1 amide bonds. The Hall–Kier alpha value is -2.47. The van der Waals surface area contributed by atoms with E-state index in [9.17, 15) is 4.79 Å². The number of aromatic nitrogens is 2.